The average molecular weight is 387 g/mol. The molecule has 1 aliphatic rings. The number of hydrogen-bond acceptors (Lipinski definition) is 3. The molecule has 148 valence electrons. The van der Waals surface area contributed by atoms with Crippen molar-refractivity contribution in [1.29, 1.82) is 0 Å². The van der Waals surface area contributed by atoms with Gasteiger partial charge >= 0.3 is 0 Å². The number of rotatable bonds is 4. The second-order valence-corrected chi connectivity index (χ2v) is 7.48. The molecule has 1 unspecified atom stereocenters. The number of allylic oxidation sites excluding steroid dienone is 1. The average Bonchev–Trinajstić information content (AvgIpc) is 2.64. The Morgan fingerprint density at radius 2 is 1.79 bits per heavy atom. The lowest BCUT2D eigenvalue weighted by Gasteiger charge is -2.44. The highest BCUT2D eigenvalue weighted by atomic mass is 19.1. The molecule has 0 bridgehead atoms. The summed E-state index contributed by atoms with van der Waals surface area (Å²) in [5.41, 5.74) is 0.0720. The molecule has 0 aromatic heterocycles. The van der Waals surface area contributed by atoms with Crippen molar-refractivity contribution < 1.29 is 23.4 Å². The SMILES string of the molecule is CC1=C(c2ccccc2F)C(=O)N(C(C)(C)C(O)c2ccc(F)c(C)c2)CO1. The Morgan fingerprint density at radius 1 is 1.11 bits per heavy atom. The van der Waals surface area contributed by atoms with Gasteiger partial charge in [-0.3, -0.25) is 9.69 Å². The van der Waals surface area contributed by atoms with Crippen LogP contribution in [0, 0.1) is 18.6 Å². The number of aliphatic hydroxyl groups excluding tert-OH is 1. The van der Waals surface area contributed by atoms with Gasteiger partial charge in [0.2, 0.25) is 0 Å². The van der Waals surface area contributed by atoms with Gasteiger partial charge in [-0.05, 0) is 51.0 Å². The maximum absolute atomic E-state index is 14.3. The predicted octanol–water partition coefficient (Wildman–Crippen LogP) is 4.33. The van der Waals surface area contributed by atoms with Crippen LogP contribution in [0.1, 0.15) is 43.6 Å². The predicted molar refractivity (Wildman–Crippen MR) is 102 cm³/mol. The number of carbonyl (C=O) groups excluding carboxylic acids is 1. The van der Waals surface area contributed by atoms with E-state index in [2.05, 4.69) is 0 Å². The summed E-state index contributed by atoms with van der Waals surface area (Å²) in [5, 5.41) is 10.9. The third-order valence-electron chi connectivity index (χ3n) is 5.23. The van der Waals surface area contributed by atoms with Crippen LogP contribution in [0.25, 0.3) is 5.57 Å². The van der Waals surface area contributed by atoms with Gasteiger partial charge in [0.05, 0.1) is 11.1 Å². The lowest BCUT2D eigenvalue weighted by atomic mass is 9.87. The number of aryl methyl sites for hydroxylation is 1. The molecule has 0 radical (unpaired) electrons. The van der Waals surface area contributed by atoms with Gasteiger partial charge in [-0.2, -0.15) is 0 Å². The van der Waals surface area contributed by atoms with Crippen molar-refractivity contribution in [3.8, 4) is 0 Å². The third kappa shape index (κ3) is 3.40. The molecule has 3 rings (SSSR count). The first kappa shape index (κ1) is 20.0. The van der Waals surface area contributed by atoms with Gasteiger partial charge in [-0.25, -0.2) is 8.78 Å². The van der Waals surface area contributed by atoms with E-state index in [4.69, 9.17) is 4.74 Å². The van der Waals surface area contributed by atoms with Crippen molar-refractivity contribution in [2.45, 2.75) is 39.3 Å². The molecule has 28 heavy (non-hydrogen) atoms. The smallest absolute Gasteiger partial charge is 0.261 e. The molecule has 1 amide bonds. The lowest BCUT2D eigenvalue weighted by molar-refractivity contribution is -0.146. The van der Waals surface area contributed by atoms with E-state index >= 15 is 0 Å². The summed E-state index contributed by atoms with van der Waals surface area (Å²) < 4.78 is 33.5. The molecule has 6 heteroatoms. The monoisotopic (exact) mass is 387 g/mol. The molecule has 1 heterocycles. The van der Waals surface area contributed by atoms with Gasteiger partial charge in [-0.15, -0.1) is 0 Å². The molecular weight excluding hydrogens is 364 g/mol. The summed E-state index contributed by atoms with van der Waals surface area (Å²) >= 11 is 0. The van der Waals surface area contributed by atoms with Crippen molar-refractivity contribution in [3.63, 3.8) is 0 Å². The van der Waals surface area contributed by atoms with Gasteiger partial charge in [0, 0.05) is 5.56 Å². The molecule has 2 aromatic rings. The molecule has 0 spiro atoms. The fraction of sp³-hybridized carbons (Fsp3) is 0.318. The van der Waals surface area contributed by atoms with E-state index in [0.29, 0.717) is 16.9 Å². The van der Waals surface area contributed by atoms with Crippen LogP contribution in [0.4, 0.5) is 8.78 Å². The summed E-state index contributed by atoms with van der Waals surface area (Å²) in [6.07, 6.45) is -1.10. The van der Waals surface area contributed by atoms with Gasteiger partial charge < -0.3 is 9.84 Å². The Labute approximate surface area is 163 Å². The maximum Gasteiger partial charge on any atom is 0.261 e. The van der Waals surface area contributed by atoms with Crippen molar-refractivity contribution in [3.05, 3.63) is 76.5 Å². The largest absolute Gasteiger partial charge is 0.477 e. The minimum Gasteiger partial charge on any atom is -0.477 e. The van der Waals surface area contributed by atoms with Crippen LogP contribution >= 0.6 is 0 Å². The summed E-state index contributed by atoms with van der Waals surface area (Å²) in [6, 6.07) is 10.3. The van der Waals surface area contributed by atoms with Crippen molar-refractivity contribution in [2.24, 2.45) is 0 Å². The van der Waals surface area contributed by atoms with Crippen LogP contribution in [0.3, 0.4) is 0 Å². The summed E-state index contributed by atoms with van der Waals surface area (Å²) in [4.78, 5) is 14.6. The molecule has 2 aromatic carbocycles. The quantitative estimate of drug-likeness (QED) is 0.849. The topological polar surface area (TPSA) is 49.8 Å². The second kappa shape index (κ2) is 7.36. The highest BCUT2D eigenvalue weighted by molar-refractivity contribution is 6.20. The number of carbonyl (C=O) groups is 1. The van der Waals surface area contributed by atoms with Gasteiger partial charge in [0.1, 0.15) is 23.5 Å². The Kier molecular flexibility index (Phi) is 5.26. The molecule has 1 atom stereocenters. The fourth-order valence-electron chi connectivity index (χ4n) is 3.37. The molecule has 0 fully saturated rings. The van der Waals surface area contributed by atoms with E-state index in [-0.39, 0.29) is 23.7 Å². The number of amides is 1. The standard InChI is InChI=1S/C22H23F2NO3/c1-13-11-15(9-10-17(13)23)20(26)22(3,4)25-12-28-14(2)19(21(25)27)16-7-5-6-8-18(16)24/h5-11,20,26H,12H2,1-4H3. The van der Waals surface area contributed by atoms with E-state index in [0.717, 1.165) is 0 Å². The molecule has 0 saturated carbocycles. The number of halogens is 2. The Hall–Kier alpha value is -2.73. The zero-order valence-electron chi connectivity index (χ0n) is 16.3. The summed E-state index contributed by atoms with van der Waals surface area (Å²) in [5.74, 6) is -0.999. The Balaban J connectivity index is 1.97. The highest BCUT2D eigenvalue weighted by Gasteiger charge is 2.42. The molecule has 1 aliphatic heterocycles. The first-order chi connectivity index (χ1) is 13.1. The zero-order valence-corrected chi connectivity index (χ0v) is 16.3. The number of benzene rings is 2. The van der Waals surface area contributed by atoms with Gasteiger partial charge in [-0.1, -0.05) is 30.3 Å². The first-order valence-electron chi connectivity index (χ1n) is 8.99. The molecular formula is C22H23F2NO3. The Bertz CT molecular complexity index is 953. The van der Waals surface area contributed by atoms with Crippen molar-refractivity contribution in [2.75, 3.05) is 6.73 Å². The Morgan fingerprint density at radius 3 is 2.43 bits per heavy atom. The van der Waals surface area contributed by atoms with Gasteiger partial charge in [0.25, 0.3) is 5.91 Å². The minimum absolute atomic E-state index is 0.0765. The fourth-order valence-corrected chi connectivity index (χ4v) is 3.37. The number of hydrogen-bond donors (Lipinski definition) is 1. The van der Waals surface area contributed by atoms with E-state index < -0.39 is 23.4 Å². The third-order valence-corrected chi connectivity index (χ3v) is 5.23. The van der Waals surface area contributed by atoms with Crippen molar-refractivity contribution >= 4 is 11.5 Å². The number of nitrogens with zero attached hydrogens (tertiary/aromatic N) is 1. The lowest BCUT2D eigenvalue weighted by Crippen LogP contribution is -2.54. The minimum atomic E-state index is -1.10. The molecule has 0 aliphatic carbocycles. The first-order valence-corrected chi connectivity index (χ1v) is 8.99. The summed E-state index contributed by atoms with van der Waals surface area (Å²) in [6.45, 7) is 6.53. The van der Waals surface area contributed by atoms with Crippen LogP contribution < -0.4 is 0 Å². The maximum atomic E-state index is 14.3. The van der Waals surface area contributed by atoms with Crippen LogP contribution in [0.2, 0.25) is 0 Å². The molecule has 0 saturated heterocycles. The summed E-state index contributed by atoms with van der Waals surface area (Å²) in [7, 11) is 0. The normalized spacial score (nSPS) is 16.2. The van der Waals surface area contributed by atoms with Crippen LogP contribution in [-0.2, 0) is 9.53 Å². The zero-order chi connectivity index (χ0) is 20.6. The van der Waals surface area contributed by atoms with E-state index in [1.165, 1.54) is 29.2 Å². The number of ether oxygens (including phenoxy) is 1. The van der Waals surface area contributed by atoms with E-state index in [1.54, 1.807) is 45.9 Å². The van der Waals surface area contributed by atoms with Crippen LogP contribution in [0.15, 0.2) is 48.2 Å². The van der Waals surface area contributed by atoms with Crippen LogP contribution in [-0.4, -0.2) is 28.2 Å². The van der Waals surface area contributed by atoms with Crippen molar-refractivity contribution in [1.82, 2.24) is 4.90 Å². The number of aliphatic hydroxyl groups is 1. The molecule has 1 N–H and O–H groups in total. The van der Waals surface area contributed by atoms with Gasteiger partial charge in [0.15, 0.2) is 6.73 Å². The second-order valence-electron chi connectivity index (χ2n) is 7.48. The van der Waals surface area contributed by atoms with Crippen LogP contribution in [0.5, 0.6) is 0 Å². The molecule has 4 nitrogen and oxygen atoms in total. The van der Waals surface area contributed by atoms with E-state index in [1.807, 2.05) is 0 Å². The highest BCUT2D eigenvalue weighted by Crippen LogP contribution is 2.37. The van der Waals surface area contributed by atoms with E-state index in [9.17, 15) is 18.7 Å².